The lowest BCUT2D eigenvalue weighted by Crippen LogP contribution is -2.34. The van der Waals surface area contributed by atoms with Crippen LogP contribution in [0, 0.1) is 6.92 Å². The molecule has 0 aliphatic rings. The predicted octanol–water partition coefficient (Wildman–Crippen LogP) is 3.27. The van der Waals surface area contributed by atoms with E-state index in [1.54, 1.807) is 0 Å². The second-order valence-electron chi connectivity index (χ2n) is 4.52. The third kappa shape index (κ3) is 3.60. The second-order valence-corrected chi connectivity index (χ2v) is 4.52. The molecule has 0 aliphatic carbocycles. The molecule has 0 fully saturated rings. The van der Waals surface area contributed by atoms with Gasteiger partial charge in [-0.05, 0) is 44.0 Å². The van der Waals surface area contributed by atoms with Crippen molar-refractivity contribution >= 4 is 0 Å². The van der Waals surface area contributed by atoms with E-state index in [1.165, 1.54) is 17.7 Å². The molecule has 0 saturated carbocycles. The molecule has 1 aromatic heterocycles. The number of aryl methyl sites for hydroxylation is 1. The Kier molecular flexibility index (Phi) is 5.47. The monoisotopic (exact) mass is 220 g/mol. The summed E-state index contributed by atoms with van der Waals surface area (Å²) < 4.78 is 0. The number of aromatic nitrogens is 1. The average Bonchev–Trinajstić information content (AvgIpc) is 2.29. The van der Waals surface area contributed by atoms with Crippen molar-refractivity contribution in [3.63, 3.8) is 0 Å². The first-order valence-corrected chi connectivity index (χ1v) is 6.35. The lowest BCUT2D eigenvalue weighted by Gasteiger charge is -2.23. The highest BCUT2D eigenvalue weighted by Crippen LogP contribution is 2.19. The summed E-state index contributed by atoms with van der Waals surface area (Å²) in [5, 5.41) is 3.60. The first kappa shape index (κ1) is 13.2. The number of rotatable bonds is 6. The lowest BCUT2D eigenvalue weighted by molar-refractivity contribution is 0.432. The standard InChI is InChI=1S/C14H24N2/c1-5-8-15-13(6-2)12(4)14-10-11(3)7-9-16-14/h7,9-10,12-13,15H,5-6,8H2,1-4H3. The normalized spacial score (nSPS) is 14.8. The molecule has 2 nitrogen and oxygen atoms in total. The summed E-state index contributed by atoms with van der Waals surface area (Å²) in [6.45, 7) is 9.92. The zero-order valence-electron chi connectivity index (χ0n) is 11.0. The minimum Gasteiger partial charge on any atom is -0.313 e. The van der Waals surface area contributed by atoms with Crippen LogP contribution in [-0.2, 0) is 0 Å². The maximum absolute atomic E-state index is 4.48. The van der Waals surface area contributed by atoms with Gasteiger partial charge in [-0.2, -0.15) is 0 Å². The van der Waals surface area contributed by atoms with Gasteiger partial charge in [-0.25, -0.2) is 0 Å². The molecule has 2 unspecified atom stereocenters. The number of nitrogens with one attached hydrogen (secondary N) is 1. The van der Waals surface area contributed by atoms with E-state index in [4.69, 9.17) is 0 Å². The van der Waals surface area contributed by atoms with Gasteiger partial charge in [0.1, 0.15) is 0 Å². The third-order valence-corrected chi connectivity index (χ3v) is 3.10. The average molecular weight is 220 g/mol. The summed E-state index contributed by atoms with van der Waals surface area (Å²) in [6, 6.07) is 4.78. The van der Waals surface area contributed by atoms with Gasteiger partial charge in [0.15, 0.2) is 0 Å². The molecule has 0 bridgehead atoms. The van der Waals surface area contributed by atoms with Gasteiger partial charge in [0.05, 0.1) is 0 Å². The Hall–Kier alpha value is -0.890. The molecule has 2 heteroatoms. The quantitative estimate of drug-likeness (QED) is 0.796. The molecule has 1 N–H and O–H groups in total. The highest BCUT2D eigenvalue weighted by atomic mass is 14.9. The molecule has 90 valence electrons. The van der Waals surface area contributed by atoms with Crippen molar-refractivity contribution in [2.45, 2.75) is 52.5 Å². The third-order valence-electron chi connectivity index (χ3n) is 3.10. The largest absolute Gasteiger partial charge is 0.313 e. The summed E-state index contributed by atoms with van der Waals surface area (Å²) in [7, 11) is 0. The van der Waals surface area contributed by atoms with Crippen LogP contribution < -0.4 is 5.32 Å². The van der Waals surface area contributed by atoms with Crippen LogP contribution >= 0.6 is 0 Å². The van der Waals surface area contributed by atoms with Gasteiger partial charge in [-0.1, -0.05) is 20.8 Å². The molecule has 0 aromatic carbocycles. The predicted molar refractivity (Wildman–Crippen MR) is 69.8 cm³/mol. The van der Waals surface area contributed by atoms with Crippen LogP contribution in [0.1, 0.15) is 50.8 Å². The maximum Gasteiger partial charge on any atom is 0.0449 e. The van der Waals surface area contributed by atoms with Crippen LogP contribution in [0.5, 0.6) is 0 Å². The Labute approximate surface area is 99.5 Å². The molecule has 0 saturated heterocycles. The van der Waals surface area contributed by atoms with Gasteiger partial charge in [0.25, 0.3) is 0 Å². The Morgan fingerprint density at radius 1 is 1.38 bits per heavy atom. The van der Waals surface area contributed by atoms with Crippen LogP contribution in [0.25, 0.3) is 0 Å². The van der Waals surface area contributed by atoms with Crippen molar-refractivity contribution in [1.29, 1.82) is 0 Å². The summed E-state index contributed by atoms with van der Waals surface area (Å²) in [5.74, 6) is 0.483. The summed E-state index contributed by atoms with van der Waals surface area (Å²) in [5.41, 5.74) is 2.50. The van der Waals surface area contributed by atoms with Crippen molar-refractivity contribution < 1.29 is 0 Å². The van der Waals surface area contributed by atoms with Gasteiger partial charge in [0.2, 0.25) is 0 Å². The molecular weight excluding hydrogens is 196 g/mol. The second kappa shape index (κ2) is 6.64. The first-order chi connectivity index (χ1) is 7.69. The Morgan fingerprint density at radius 2 is 2.12 bits per heavy atom. The molecule has 0 amide bonds. The van der Waals surface area contributed by atoms with Crippen LogP contribution in [0.2, 0.25) is 0 Å². The zero-order valence-corrected chi connectivity index (χ0v) is 11.0. The van der Waals surface area contributed by atoms with Gasteiger partial charge in [0, 0.05) is 23.9 Å². The smallest absolute Gasteiger partial charge is 0.0449 e. The van der Waals surface area contributed by atoms with E-state index in [1.807, 2.05) is 6.20 Å². The van der Waals surface area contributed by atoms with Crippen LogP contribution in [-0.4, -0.2) is 17.6 Å². The van der Waals surface area contributed by atoms with Crippen molar-refractivity contribution in [3.05, 3.63) is 29.6 Å². The van der Waals surface area contributed by atoms with E-state index in [2.05, 4.69) is 50.1 Å². The number of hydrogen-bond donors (Lipinski definition) is 1. The molecule has 0 aliphatic heterocycles. The topological polar surface area (TPSA) is 24.9 Å². The minimum absolute atomic E-state index is 0.483. The maximum atomic E-state index is 4.48. The summed E-state index contributed by atoms with van der Waals surface area (Å²) >= 11 is 0. The Bertz CT molecular complexity index is 309. The van der Waals surface area contributed by atoms with E-state index in [0.29, 0.717) is 12.0 Å². The highest BCUT2D eigenvalue weighted by Gasteiger charge is 2.17. The fraction of sp³-hybridized carbons (Fsp3) is 0.643. The number of pyridine rings is 1. The van der Waals surface area contributed by atoms with E-state index in [0.717, 1.165) is 13.0 Å². The fourth-order valence-electron chi connectivity index (χ4n) is 2.02. The van der Waals surface area contributed by atoms with Gasteiger partial charge < -0.3 is 5.32 Å². The molecule has 1 aromatic rings. The van der Waals surface area contributed by atoms with Gasteiger partial charge in [-0.3, -0.25) is 4.98 Å². The Morgan fingerprint density at radius 3 is 2.69 bits per heavy atom. The van der Waals surface area contributed by atoms with Gasteiger partial charge >= 0.3 is 0 Å². The number of hydrogen-bond acceptors (Lipinski definition) is 2. The van der Waals surface area contributed by atoms with E-state index in [-0.39, 0.29) is 0 Å². The molecule has 0 spiro atoms. The minimum atomic E-state index is 0.483. The van der Waals surface area contributed by atoms with Crippen LogP contribution in [0.15, 0.2) is 18.3 Å². The molecule has 1 rings (SSSR count). The molecule has 1 heterocycles. The summed E-state index contributed by atoms with van der Waals surface area (Å²) in [6.07, 6.45) is 4.25. The molecule has 2 atom stereocenters. The van der Waals surface area contributed by atoms with Crippen molar-refractivity contribution in [2.24, 2.45) is 0 Å². The number of nitrogens with zero attached hydrogens (tertiary/aromatic N) is 1. The zero-order chi connectivity index (χ0) is 12.0. The SMILES string of the molecule is CCCNC(CC)C(C)c1cc(C)ccn1. The fourth-order valence-corrected chi connectivity index (χ4v) is 2.02. The molecule has 0 radical (unpaired) electrons. The van der Waals surface area contributed by atoms with Crippen LogP contribution in [0.3, 0.4) is 0 Å². The van der Waals surface area contributed by atoms with Gasteiger partial charge in [-0.15, -0.1) is 0 Å². The van der Waals surface area contributed by atoms with E-state index >= 15 is 0 Å². The highest BCUT2D eigenvalue weighted by molar-refractivity contribution is 5.18. The van der Waals surface area contributed by atoms with Crippen molar-refractivity contribution in [2.75, 3.05) is 6.54 Å². The van der Waals surface area contributed by atoms with Crippen molar-refractivity contribution in [1.82, 2.24) is 10.3 Å². The molecular formula is C14H24N2. The van der Waals surface area contributed by atoms with E-state index in [9.17, 15) is 0 Å². The summed E-state index contributed by atoms with van der Waals surface area (Å²) in [4.78, 5) is 4.48. The van der Waals surface area contributed by atoms with Crippen LogP contribution in [0.4, 0.5) is 0 Å². The lowest BCUT2D eigenvalue weighted by atomic mass is 9.95. The first-order valence-electron chi connectivity index (χ1n) is 6.35. The Balaban J connectivity index is 2.70. The molecule has 16 heavy (non-hydrogen) atoms. The van der Waals surface area contributed by atoms with Crippen molar-refractivity contribution in [3.8, 4) is 0 Å². The van der Waals surface area contributed by atoms with E-state index < -0.39 is 0 Å².